The highest BCUT2D eigenvalue weighted by molar-refractivity contribution is 7.00. The van der Waals surface area contributed by atoms with Crippen LogP contribution in [-0.2, 0) is 11.2 Å². The second-order valence-corrected chi connectivity index (χ2v) is 7.05. The molecule has 5 nitrogen and oxygen atoms in total. The minimum Gasteiger partial charge on any atom is -0.323 e. The van der Waals surface area contributed by atoms with Crippen LogP contribution in [0.5, 0.6) is 0 Å². The summed E-state index contributed by atoms with van der Waals surface area (Å²) in [6, 6.07) is 26.1. The number of aromatic nitrogens is 2. The van der Waals surface area contributed by atoms with Gasteiger partial charge in [-0.3, -0.25) is 4.79 Å². The molecule has 3 aromatic carbocycles. The molecule has 6 heteroatoms. The molecule has 4 aromatic rings. The number of carbonyl (C=O) groups excluding carboxylic acids is 1. The third-order valence-electron chi connectivity index (χ3n) is 4.55. The van der Waals surface area contributed by atoms with Gasteiger partial charge in [-0.15, -0.1) is 0 Å². The zero-order valence-electron chi connectivity index (χ0n) is 15.2. The molecular weight excluding hydrogens is 368 g/mol. The van der Waals surface area contributed by atoms with Crippen molar-refractivity contribution in [1.29, 1.82) is 0 Å². The molecule has 0 saturated carbocycles. The van der Waals surface area contributed by atoms with Crippen LogP contribution in [-0.4, -0.2) is 21.2 Å². The first-order chi connectivity index (χ1) is 13.8. The Labute approximate surface area is 167 Å². The van der Waals surface area contributed by atoms with Crippen molar-refractivity contribution in [2.75, 3.05) is 11.9 Å². The van der Waals surface area contributed by atoms with Crippen LogP contribution >= 0.6 is 11.7 Å². The van der Waals surface area contributed by atoms with Gasteiger partial charge in [0.15, 0.2) is 0 Å². The average Bonchev–Trinajstić information content (AvgIpc) is 3.22. The summed E-state index contributed by atoms with van der Waals surface area (Å²) in [5, 5.41) is 6.35. The van der Waals surface area contributed by atoms with Gasteiger partial charge in [0.05, 0.1) is 24.0 Å². The molecule has 1 amide bonds. The van der Waals surface area contributed by atoms with E-state index in [9.17, 15) is 4.79 Å². The molecule has 0 saturated heterocycles. The van der Waals surface area contributed by atoms with E-state index < -0.39 is 0 Å². The molecular formula is C22H20N4OS. The van der Waals surface area contributed by atoms with Gasteiger partial charge >= 0.3 is 0 Å². The lowest BCUT2D eigenvalue weighted by atomic mass is 9.99. The van der Waals surface area contributed by atoms with Gasteiger partial charge in [0, 0.05) is 6.04 Å². The topological polar surface area (TPSA) is 66.9 Å². The summed E-state index contributed by atoms with van der Waals surface area (Å²) in [7, 11) is 0. The monoisotopic (exact) mass is 388 g/mol. The normalized spacial score (nSPS) is 12.0. The fourth-order valence-electron chi connectivity index (χ4n) is 3.16. The number of carbonyl (C=O) groups is 1. The van der Waals surface area contributed by atoms with Crippen molar-refractivity contribution in [2.45, 2.75) is 12.5 Å². The van der Waals surface area contributed by atoms with Crippen LogP contribution in [0.1, 0.15) is 17.2 Å². The van der Waals surface area contributed by atoms with Crippen LogP contribution < -0.4 is 10.6 Å². The molecule has 1 atom stereocenters. The zero-order valence-corrected chi connectivity index (χ0v) is 16.0. The molecule has 0 aliphatic rings. The SMILES string of the molecule is O=C(CNC(Cc1ccccc1)c1ccccc1)Nc1cccc2nsnc12. The van der Waals surface area contributed by atoms with Crippen LogP contribution in [0.15, 0.2) is 78.9 Å². The number of hydrogen-bond acceptors (Lipinski definition) is 5. The third-order valence-corrected chi connectivity index (χ3v) is 5.10. The summed E-state index contributed by atoms with van der Waals surface area (Å²) >= 11 is 1.14. The predicted octanol–water partition coefficient (Wildman–Crippen LogP) is 4.20. The molecule has 0 radical (unpaired) electrons. The van der Waals surface area contributed by atoms with E-state index in [4.69, 9.17) is 0 Å². The first-order valence-corrected chi connectivity index (χ1v) is 9.86. The lowest BCUT2D eigenvalue weighted by Crippen LogP contribution is -2.32. The Morgan fingerprint density at radius 3 is 2.43 bits per heavy atom. The molecule has 28 heavy (non-hydrogen) atoms. The molecule has 1 aromatic heterocycles. The van der Waals surface area contributed by atoms with Crippen LogP contribution in [0.25, 0.3) is 11.0 Å². The van der Waals surface area contributed by atoms with Crippen LogP contribution in [0, 0.1) is 0 Å². The maximum absolute atomic E-state index is 12.5. The molecule has 0 bridgehead atoms. The lowest BCUT2D eigenvalue weighted by Gasteiger charge is -2.19. The summed E-state index contributed by atoms with van der Waals surface area (Å²) in [6.45, 7) is 0.209. The van der Waals surface area contributed by atoms with E-state index in [0.29, 0.717) is 5.69 Å². The summed E-state index contributed by atoms with van der Waals surface area (Å²) in [4.78, 5) is 12.5. The Kier molecular flexibility index (Phi) is 5.70. The smallest absolute Gasteiger partial charge is 0.238 e. The maximum atomic E-state index is 12.5. The molecule has 0 aliphatic heterocycles. The Morgan fingerprint density at radius 1 is 0.893 bits per heavy atom. The van der Waals surface area contributed by atoms with Gasteiger partial charge in [0.2, 0.25) is 5.91 Å². The number of benzene rings is 3. The quantitative estimate of drug-likeness (QED) is 0.498. The number of nitrogens with one attached hydrogen (secondary N) is 2. The van der Waals surface area contributed by atoms with Gasteiger partial charge in [-0.25, -0.2) is 0 Å². The maximum Gasteiger partial charge on any atom is 0.238 e. The molecule has 140 valence electrons. The largest absolute Gasteiger partial charge is 0.323 e. The van der Waals surface area contributed by atoms with Crippen molar-refractivity contribution in [3.05, 3.63) is 90.0 Å². The fourth-order valence-corrected chi connectivity index (χ4v) is 3.71. The first-order valence-electron chi connectivity index (χ1n) is 9.13. The van der Waals surface area contributed by atoms with Gasteiger partial charge in [-0.05, 0) is 29.7 Å². The van der Waals surface area contributed by atoms with E-state index in [1.807, 2.05) is 54.6 Å². The van der Waals surface area contributed by atoms with Crippen LogP contribution in [0.2, 0.25) is 0 Å². The third kappa shape index (κ3) is 4.42. The highest BCUT2D eigenvalue weighted by atomic mass is 32.1. The van der Waals surface area contributed by atoms with Crippen molar-refractivity contribution in [3.63, 3.8) is 0 Å². The van der Waals surface area contributed by atoms with Crippen molar-refractivity contribution < 1.29 is 4.79 Å². The van der Waals surface area contributed by atoms with Gasteiger partial charge < -0.3 is 10.6 Å². The first kappa shape index (κ1) is 18.3. The molecule has 4 rings (SSSR count). The van der Waals surface area contributed by atoms with E-state index in [0.717, 1.165) is 34.7 Å². The van der Waals surface area contributed by atoms with Crippen molar-refractivity contribution in [3.8, 4) is 0 Å². The predicted molar refractivity (Wildman–Crippen MR) is 113 cm³/mol. The molecule has 0 spiro atoms. The van der Waals surface area contributed by atoms with E-state index in [1.165, 1.54) is 5.56 Å². The molecule has 0 aliphatic carbocycles. The van der Waals surface area contributed by atoms with Gasteiger partial charge in [-0.2, -0.15) is 8.75 Å². The summed E-state index contributed by atoms with van der Waals surface area (Å²) in [5.41, 5.74) is 4.59. The van der Waals surface area contributed by atoms with Crippen molar-refractivity contribution in [1.82, 2.24) is 14.1 Å². The number of rotatable bonds is 7. The fraction of sp³-hybridized carbons (Fsp3) is 0.136. The summed E-state index contributed by atoms with van der Waals surface area (Å²) in [6.07, 6.45) is 0.809. The van der Waals surface area contributed by atoms with Gasteiger partial charge in [-0.1, -0.05) is 66.7 Å². The molecule has 1 unspecified atom stereocenters. The van der Waals surface area contributed by atoms with E-state index in [1.54, 1.807) is 0 Å². The standard InChI is InChI=1S/C22H20N4OS/c27-21(24-18-12-7-13-19-22(18)26-28-25-19)15-23-20(17-10-5-2-6-11-17)14-16-8-3-1-4-9-16/h1-13,20,23H,14-15H2,(H,24,27). The average molecular weight is 388 g/mol. The van der Waals surface area contributed by atoms with Gasteiger partial charge in [0.25, 0.3) is 0 Å². The summed E-state index contributed by atoms with van der Waals surface area (Å²) < 4.78 is 8.48. The van der Waals surface area contributed by atoms with Crippen LogP contribution in [0.4, 0.5) is 5.69 Å². The zero-order chi connectivity index (χ0) is 19.2. The highest BCUT2D eigenvalue weighted by Gasteiger charge is 2.14. The second-order valence-electron chi connectivity index (χ2n) is 6.52. The van der Waals surface area contributed by atoms with E-state index >= 15 is 0 Å². The minimum absolute atomic E-state index is 0.0473. The lowest BCUT2D eigenvalue weighted by molar-refractivity contribution is -0.115. The molecule has 2 N–H and O–H groups in total. The minimum atomic E-state index is -0.102. The second kappa shape index (κ2) is 8.73. The Bertz CT molecular complexity index is 1050. The number of fused-ring (bicyclic) bond motifs is 1. The Morgan fingerprint density at radius 2 is 1.64 bits per heavy atom. The van der Waals surface area contributed by atoms with E-state index in [-0.39, 0.29) is 18.5 Å². The van der Waals surface area contributed by atoms with Crippen LogP contribution in [0.3, 0.4) is 0 Å². The summed E-state index contributed by atoms with van der Waals surface area (Å²) in [5.74, 6) is -0.102. The number of anilines is 1. The van der Waals surface area contributed by atoms with Crippen molar-refractivity contribution >= 4 is 34.4 Å². The molecule has 1 heterocycles. The molecule has 0 fully saturated rings. The number of hydrogen-bond donors (Lipinski definition) is 2. The highest BCUT2D eigenvalue weighted by Crippen LogP contribution is 2.21. The number of amides is 1. The number of nitrogens with zero attached hydrogens (tertiary/aromatic N) is 2. The Balaban J connectivity index is 1.45. The van der Waals surface area contributed by atoms with E-state index in [2.05, 4.69) is 43.6 Å². The van der Waals surface area contributed by atoms with Crippen molar-refractivity contribution in [2.24, 2.45) is 0 Å². The Hall–Kier alpha value is -3.09. The van der Waals surface area contributed by atoms with Gasteiger partial charge in [0.1, 0.15) is 11.0 Å².